The number of hydrogen-bond acceptors (Lipinski definition) is 8. The minimum Gasteiger partial charge on any atom is -0.463 e. The first-order valence-corrected chi connectivity index (χ1v) is 13.7. The molecule has 3 heterocycles. The highest BCUT2D eigenvalue weighted by molar-refractivity contribution is 7.16. The van der Waals surface area contributed by atoms with E-state index >= 15 is 0 Å². The van der Waals surface area contributed by atoms with Gasteiger partial charge in [-0.3, -0.25) is 19.0 Å². The van der Waals surface area contributed by atoms with E-state index in [9.17, 15) is 19.2 Å². The fourth-order valence-corrected chi connectivity index (χ4v) is 4.79. The average Bonchev–Trinajstić information content (AvgIpc) is 3.57. The predicted octanol–water partition coefficient (Wildman–Crippen LogP) is 4.87. The van der Waals surface area contributed by atoms with Gasteiger partial charge in [-0.1, -0.05) is 62.4 Å². The van der Waals surface area contributed by atoms with Crippen LogP contribution < -0.4 is 10.9 Å². The van der Waals surface area contributed by atoms with Gasteiger partial charge in [0.05, 0.1) is 35.8 Å². The lowest BCUT2D eigenvalue weighted by Gasteiger charge is -2.18. The number of ketones is 1. The number of pyridine rings is 1. The lowest BCUT2D eigenvalue weighted by atomic mass is 9.96. The van der Waals surface area contributed by atoms with Gasteiger partial charge in [-0.05, 0) is 36.4 Å². The van der Waals surface area contributed by atoms with Gasteiger partial charge in [-0.2, -0.15) is 9.78 Å². The van der Waals surface area contributed by atoms with Crippen molar-refractivity contribution in [2.45, 2.75) is 33.9 Å². The summed E-state index contributed by atoms with van der Waals surface area (Å²) in [7, 11) is 1.09. The molecule has 0 fully saturated rings. The normalized spacial score (nSPS) is 11.0. The molecule has 11 heteroatoms. The van der Waals surface area contributed by atoms with Crippen molar-refractivity contribution in [3.63, 3.8) is 0 Å². The van der Waals surface area contributed by atoms with Gasteiger partial charge in [0, 0.05) is 21.9 Å². The molecule has 0 aliphatic rings. The van der Waals surface area contributed by atoms with Crippen LogP contribution in [0, 0.1) is 17.3 Å². The van der Waals surface area contributed by atoms with Crippen LogP contribution in [0.15, 0.2) is 65.5 Å². The van der Waals surface area contributed by atoms with E-state index in [1.807, 2.05) is 24.3 Å². The Bertz CT molecular complexity index is 1740. The molecule has 1 N–H and O–H groups in total. The number of Topliss-reactive ketones (excluding diaryl/α,β-unsaturated/α-hetero) is 1. The third-order valence-corrected chi connectivity index (χ3v) is 7.11. The highest BCUT2D eigenvalue weighted by atomic mass is 35.5. The lowest BCUT2D eigenvalue weighted by Crippen LogP contribution is -2.31. The van der Waals surface area contributed by atoms with Crippen LogP contribution >= 0.6 is 22.9 Å². The Morgan fingerprint density at radius 2 is 1.78 bits per heavy atom. The Hall–Kier alpha value is -4.46. The maximum Gasteiger partial charge on any atom is 0.376 e. The molecule has 9 nitrogen and oxygen atoms in total. The van der Waals surface area contributed by atoms with E-state index in [1.165, 1.54) is 22.1 Å². The Balaban J connectivity index is 1.82. The fraction of sp³-hybridized carbons (Fsp3) is 0.233. The highest BCUT2D eigenvalue weighted by Crippen LogP contribution is 2.27. The van der Waals surface area contributed by atoms with Gasteiger partial charge in [-0.25, -0.2) is 4.79 Å². The third-order valence-electron chi connectivity index (χ3n) is 5.88. The molecular weight excluding hydrogens is 564 g/mol. The minimum absolute atomic E-state index is 0.119. The molecular formula is C30H27ClN4O5S. The van der Waals surface area contributed by atoms with Crippen LogP contribution in [0.5, 0.6) is 0 Å². The second kappa shape index (κ2) is 12.4. The molecule has 0 unspecified atom stereocenters. The van der Waals surface area contributed by atoms with Crippen LogP contribution in [0.1, 0.15) is 41.6 Å². The number of hydrogen-bond donors (Lipinski definition) is 1. The van der Waals surface area contributed by atoms with Gasteiger partial charge < -0.3 is 10.1 Å². The number of methoxy groups -OCH3 is 1. The van der Waals surface area contributed by atoms with E-state index in [4.69, 9.17) is 11.6 Å². The zero-order valence-electron chi connectivity index (χ0n) is 22.9. The Kier molecular flexibility index (Phi) is 8.91. The number of benzene rings is 1. The van der Waals surface area contributed by atoms with Crippen molar-refractivity contribution in [3.05, 3.63) is 91.4 Å². The second-order valence-corrected chi connectivity index (χ2v) is 11.8. The number of nitrogens with one attached hydrogen (secondary N) is 1. The number of ether oxygens (including phenoxy) is 1. The smallest absolute Gasteiger partial charge is 0.376 e. The first-order valence-electron chi connectivity index (χ1n) is 12.5. The number of rotatable bonds is 7. The maximum atomic E-state index is 13.6. The monoisotopic (exact) mass is 590 g/mol. The van der Waals surface area contributed by atoms with Gasteiger partial charge in [0.15, 0.2) is 0 Å². The molecule has 3 aromatic heterocycles. The van der Waals surface area contributed by atoms with Gasteiger partial charge in [0.2, 0.25) is 0 Å². The SMILES string of the molecule is COC(=O)C(=O)Cn1c(-c2cc(NCc3ccc(Cl)s3)n(C(=O)C(C)(C)C)n2)ccc(C#Cc2ccccc2)c1=O. The molecule has 0 aliphatic heterocycles. The lowest BCUT2D eigenvalue weighted by molar-refractivity contribution is -0.151. The summed E-state index contributed by atoms with van der Waals surface area (Å²) in [5, 5.41) is 7.74. The maximum absolute atomic E-state index is 13.6. The molecule has 41 heavy (non-hydrogen) atoms. The second-order valence-electron chi connectivity index (χ2n) is 10.00. The van der Waals surface area contributed by atoms with Crippen molar-refractivity contribution in [1.29, 1.82) is 0 Å². The van der Waals surface area contributed by atoms with Gasteiger partial charge in [0.25, 0.3) is 17.2 Å². The Morgan fingerprint density at radius 1 is 1.05 bits per heavy atom. The number of anilines is 1. The summed E-state index contributed by atoms with van der Waals surface area (Å²) in [6, 6.07) is 17.5. The number of thiophene rings is 1. The first kappa shape index (κ1) is 29.5. The summed E-state index contributed by atoms with van der Waals surface area (Å²) >= 11 is 7.46. The molecule has 0 saturated heterocycles. The van der Waals surface area contributed by atoms with Crippen LogP contribution in [0.2, 0.25) is 4.34 Å². The van der Waals surface area contributed by atoms with Crippen molar-refractivity contribution >= 4 is 46.4 Å². The van der Waals surface area contributed by atoms with E-state index in [1.54, 1.807) is 51.1 Å². The largest absolute Gasteiger partial charge is 0.463 e. The molecule has 0 saturated carbocycles. The van der Waals surface area contributed by atoms with Crippen LogP contribution in [-0.2, 0) is 27.4 Å². The number of esters is 1. The molecule has 4 rings (SSSR count). The van der Waals surface area contributed by atoms with Gasteiger partial charge >= 0.3 is 5.97 Å². The topological polar surface area (TPSA) is 112 Å². The number of carbonyl (C=O) groups excluding carboxylic acids is 3. The van der Waals surface area contributed by atoms with E-state index < -0.39 is 29.3 Å². The molecule has 0 aliphatic carbocycles. The van der Waals surface area contributed by atoms with E-state index in [0.29, 0.717) is 22.3 Å². The van der Waals surface area contributed by atoms with Crippen molar-refractivity contribution in [3.8, 4) is 23.2 Å². The number of halogens is 1. The molecule has 210 valence electrons. The summed E-state index contributed by atoms with van der Waals surface area (Å²) in [5.41, 5.74) is -0.0817. The standard InChI is InChI=1S/C30H27ClN4O5S/c1-30(2,3)29(39)35-26(32-17-21-13-15-25(31)41-21)16-22(33-35)23-14-12-20(11-10-19-8-6-5-7-9-19)27(37)34(23)18-24(36)28(38)40-4/h5-9,12-16,32H,17-18H2,1-4H3. The predicted molar refractivity (Wildman–Crippen MR) is 158 cm³/mol. The summed E-state index contributed by atoms with van der Waals surface area (Å²) in [5.74, 6) is 3.86. The first-order chi connectivity index (χ1) is 19.5. The van der Waals surface area contributed by atoms with Crippen molar-refractivity contribution in [1.82, 2.24) is 14.3 Å². The van der Waals surface area contributed by atoms with Crippen molar-refractivity contribution in [2.24, 2.45) is 5.41 Å². The summed E-state index contributed by atoms with van der Waals surface area (Å²) in [6.45, 7) is 5.08. The zero-order valence-corrected chi connectivity index (χ0v) is 24.4. The Labute approximate surface area is 245 Å². The molecule has 0 radical (unpaired) electrons. The molecule has 1 aromatic carbocycles. The summed E-state index contributed by atoms with van der Waals surface area (Å²) < 4.78 is 7.55. The molecule has 0 bridgehead atoms. The molecule has 0 spiro atoms. The molecule has 0 atom stereocenters. The Morgan fingerprint density at radius 3 is 2.41 bits per heavy atom. The van der Waals surface area contributed by atoms with Gasteiger partial charge in [-0.15, -0.1) is 11.3 Å². The average molecular weight is 591 g/mol. The minimum atomic E-state index is -1.09. The summed E-state index contributed by atoms with van der Waals surface area (Å²) in [4.78, 5) is 52.3. The molecule has 0 amide bonds. The van der Waals surface area contributed by atoms with Crippen molar-refractivity contribution in [2.75, 3.05) is 12.4 Å². The quantitative estimate of drug-likeness (QED) is 0.186. The highest BCUT2D eigenvalue weighted by Gasteiger charge is 2.28. The fourth-order valence-electron chi connectivity index (χ4n) is 3.77. The number of nitrogens with zero attached hydrogens (tertiary/aromatic N) is 3. The van der Waals surface area contributed by atoms with E-state index in [0.717, 1.165) is 16.6 Å². The van der Waals surface area contributed by atoms with Crippen LogP contribution in [0.4, 0.5) is 5.82 Å². The number of aromatic nitrogens is 3. The number of carbonyl (C=O) groups is 3. The van der Waals surface area contributed by atoms with E-state index in [2.05, 4.69) is 27.0 Å². The van der Waals surface area contributed by atoms with E-state index in [-0.39, 0.29) is 22.9 Å². The third kappa shape index (κ3) is 7.01. The summed E-state index contributed by atoms with van der Waals surface area (Å²) in [6.07, 6.45) is 0. The van der Waals surface area contributed by atoms with Gasteiger partial charge in [0.1, 0.15) is 11.5 Å². The van der Waals surface area contributed by atoms with Crippen LogP contribution in [0.3, 0.4) is 0 Å². The van der Waals surface area contributed by atoms with Crippen LogP contribution in [-0.4, -0.2) is 39.1 Å². The van der Waals surface area contributed by atoms with Crippen LogP contribution in [0.25, 0.3) is 11.4 Å². The zero-order chi connectivity index (χ0) is 29.7. The molecule has 4 aromatic rings. The van der Waals surface area contributed by atoms with Crippen molar-refractivity contribution < 1.29 is 19.1 Å².